The lowest BCUT2D eigenvalue weighted by atomic mass is 9.72. The summed E-state index contributed by atoms with van der Waals surface area (Å²) in [5.74, 6) is -0.447. The van der Waals surface area contributed by atoms with Gasteiger partial charge in [0.1, 0.15) is 0 Å². The van der Waals surface area contributed by atoms with Gasteiger partial charge in [0.2, 0.25) is 0 Å². The number of hydrogen-bond donors (Lipinski definition) is 0. The van der Waals surface area contributed by atoms with Crippen LogP contribution in [0.1, 0.15) is 19.8 Å². The van der Waals surface area contributed by atoms with Crippen LogP contribution in [-0.4, -0.2) is 12.1 Å². The maximum absolute atomic E-state index is 12.7. The molecule has 9 heavy (non-hydrogen) atoms. The highest BCUT2D eigenvalue weighted by atomic mass is 19.3. The fourth-order valence-corrected chi connectivity index (χ4v) is 1.03. The third-order valence-electron chi connectivity index (χ3n) is 2.14. The maximum Gasteiger partial charge on any atom is 0.272 e. The Kier molecular flexibility index (Phi) is 1.45. The van der Waals surface area contributed by atoms with Crippen molar-refractivity contribution in [2.24, 2.45) is 5.92 Å². The zero-order chi connectivity index (χ0) is 7.07. The standard InChI is InChI=1S/C6H9F3/c1-4-2-3-6(4,9)5(7)8/h4-5H,2-3H2,1H3/t4-,6-/m1/s1. The summed E-state index contributed by atoms with van der Waals surface area (Å²) in [6.07, 6.45) is -2.16. The van der Waals surface area contributed by atoms with Gasteiger partial charge in [0.25, 0.3) is 6.43 Å². The lowest BCUT2D eigenvalue weighted by Crippen LogP contribution is -2.47. The minimum absolute atomic E-state index is 0.0336. The second-order valence-electron chi connectivity index (χ2n) is 2.67. The van der Waals surface area contributed by atoms with Gasteiger partial charge in [-0.2, -0.15) is 0 Å². The third kappa shape index (κ3) is 0.825. The molecule has 1 aliphatic rings. The Bertz CT molecular complexity index is 106. The van der Waals surface area contributed by atoms with Crippen molar-refractivity contribution in [3.63, 3.8) is 0 Å². The summed E-state index contributed by atoms with van der Waals surface area (Å²) >= 11 is 0. The molecule has 0 aromatic rings. The highest BCUT2D eigenvalue weighted by Gasteiger charge is 2.52. The molecule has 0 heterocycles. The van der Waals surface area contributed by atoms with Gasteiger partial charge in [-0.1, -0.05) is 6.92 Å². The van der Waals surface area contributed by atoms with Crippen LogP contribution in [0.4, 0.5) is 13.2 Å². The van der Waals surface area contributed by atoms with Crippen LogP contribution in [-0.2, 0) is 0 Å². The fraction of sp³-hybridized carbons (Fsp3) is 1.00. The quantitative estimate of drug-likeness (QED) is 0.522. The van der Waals surface area contributed by atoms with Crippen LogP contribution < -0.4 is 0 Å². The summed E-state index contributed by atoms with van der Waals surface area (Å²) in [7, 11) is 0. The fourth-order valence-electron chi connectivity index (χ4n) is 1.03. The van der Waals surface area contributed by atoms with Crippen molar-refractivity contribution < 1.29 is 13.2 Å². The first-order valence-corrected chi connectivity index (χ1v) is 3.04. The molecule has 2 atom stereocenters. The van der Waals surface area contributed by atoms with Crippen LogP contribution in [0.2, 0.25) is 0 Å². The first kappa shape index (κ1) is 6.90. The second-order valence-corrected chi connectivity index (χ2v) is 2.67. The van der Waals surface area contributed by atoms with Gasteiger partial charge < -0.3 is 0 Å². The summed E-state index contributed by atoms with van der Waals surface area (Å²) in [4.78, 5) is 0. The SMILES string of the molecule is C[C@@H]1CC[C@]1(F)C(F)F. The molecule has 0 nitrogen and oxygen atoms in total. The Balaban J connectivity index is 2.53. The summed E-state index contributed by atoms with van der Waals surface area (Å²) < 4.78 is 36.2. The molecular weight excluding hydrogens is 129 g/mol. The summed E-state index contributed by atoms with van der Waals surface area (Å²) in [5.41, 5.74) is -2.15. The molecule has 0 spiro atoms. The molecule has 54 valence electrons. The minimum atomic E-state index is -2.79. The van der Waals surface area contributed by atoms with Gasteiger partial charge in [-0.15, -0.1) is 0 Å². The van der Waals surface area contributed by atoms with Gasteiger partial charge in [-0.3, -0.25) is 0 Å². The summed E-state index contributed by atoms with van der Waals surface area (Å²) in [6, 6.07) is 0. The van der Waals surface area contributed by atoms with E-state index in [2.05, 4.69) is 0 Å². The second kappa shape index (κ2) is 1.89. The van der Waals surface area contributed by atoms with Crippen LogP contribution in [0.15, 0.2) is 0 Å². The molecular formula is C6H9F3. The minimum Gasteiger partial charge on any atom is -0.237 e. The first-order valence-electron chi connectivity index (χ1n) is 3.04. The topological polar surface area (TPSA) is 0 Å². The normalized spacial score (nSPS) is 43.0. The van der Waals surface area contributed by atoms with Crippen molar-refractivity contribution in [2.75, 3.05) is 0 Å². The third-order valence-corrected chi connectivity index (χ3v) is 2.14. The molecule has 1 fully saturated rings. The van der Waals surface area contributed by atoms with E-state index in [1.54, 1.807) is 0 Å². The van der Waals surface area contributed by atoms with Gasteiger partial charge in [0, 0.05) is 0 Å². The number of hydrogen-bond acceptors (Lipinski definition) is 0. The van der Waals surface area contributed by atoms with Crippen LogP contribution in [0.3, 0.4) is 0 Å². The Labute approximate surface area is 52.1 Å². The Morgan fingerprint density at radius 3 is 2.11 bits per heavy atom. The molecule has 0 unspecified atom stereocenters. The van der Waals surface area contributed by atoms with Crippen molar-refractivity contribution in [1.29, 1.82) is 0 Å². The largest absolute Gasteiger partial charge is 0.272 e. The zero-order valence-corrected chi connectivity index (χ0v) is 5.20. The van der Waals surface area contributed by atoms with Crippen molar-refractivity contribution in [3.05, 3.63) is 0 Å². The molecule has 0 amide bonds. The predicted octanol–water partition coefficient (Wildman–Crippen LogP) is 2.39. The zero-order valence-electron chi connectivity index (χ0n) is 5.20. The smallest absolute Gasteiger partial charge is 0.237 e. The predicted molar refractivity (Wildman–Crippen MR) is 28.2 cm³/mol. The molecule has 0 bridgehead atoms. The van der Waals surface area contributed by atoms with E-state index in [4.69, 9.17) is 0 Å². The molecule has 1 saturated carbocycles. The van der Waals surface area contributed by atoms with Gasteiger partial charge in [-0.25, -0.2) is 13.2 Å². The van der Waals surface area contributed by atoms with E-state index in [9.17, 15) is 13.2 Å². The number of rotatable bonds is 1. The Morgan fingerprint density at radius 1 is 1.56 bits per heavy atom. The van der Waals surface area contributed by atoms with E-state index in [0.29, 0.717) is 6.42 Å². The van der Waals surface area contributed by atoms with Crippen LogP contribution in [0.5, 0.6) is 0 Å². The molecule has 0 aromatic carbocycles. The van der Waals surface area contributed by atoms with Gasteiger partial charge in [0.05, 0.1) is 0 Å². The highest BCUT2D eigenvalue weighted by Crippen LogP contribution is 2.45. The first-order chi connectivity index (χ1) is 4.07. The van der Waals surface area contributed by atoms with E-state index in [1.165, 1.54) is 6.92 Å². The van der Waals surface area contributed by atoms with Crippen molar-refractivity contribution in [2.45, 2.75) is 31.9 Å². The lowest BCUT2D eigenvalue weighted by molar-refractivity contribution is -0.124. The summed E-state index contributed by atoms with van der Waals surface area (Å²) in [5, 5.41) is 0. The van der Waals surface area contributed by atoms with Gasteiger partial charge in [-0.05, 0) is 18.8 Å². The molecule has 0 saturated heterocycles. The van der Waals surface area contributed by atoms with Crippen molar-refractivity contribution in [3.8, 4) is 0 Å². The lowest BCUT2D eigenvalue weighted by Gasteiger charge is -2.39. The molecule has 0 aromatic heterocycles. The molecule has 3 heteroatoms. The molecule has 0 aliphatic heterocycles. The number of alkyl halides is 3. The maximum atomic E-state index is 12.7. The average molecular weight is 138 g/mol. The average Bonchev–Trinajstić information content (AvgIpc) is 1.82. The Morgan fingerprint density at radius 2 is 2.11 bits per heavy atom. The van der Waals surface area contributed by atoms with E-state index < -0.39 is 18.0 Å². The van der Waals surface area contributed by atoms with Gasteiger partial charge >= 0.3 is 0 Å². The van der Waals surface area contributed by atoms with Gasteiger partial charge in [0.15, 0.2) is 5.67 Å². The molecule has 1 aliphatic carbocycles. The summed E-state index contributed by atoms with van der Waals surface area (Å²) in [6.45, 7) is 1.52. The molecule has 0 radical (unpaired) electrons. The number of halogens is 3. The molecule has 0 N–H and O–H groups in total. The molecule has 1 rings (SSSR count). The van der Waals surface area contributed by atoms with Crippen LogP contribution in [0.25, 0.3) is 0 Å². The Hall–Kier alpha value is -0.210. The van der Waals surface area contributed by atoms with E-state index in [0.717, 1.165) is 0 Å². The van der Waals surface area contributed by atoms with Crippen LogP contribution >= 0.6 is 0 Å². The van der Waals surface area contributed by atoms with E-state index in [-0.39, 0.29) is 6.42 Å². The van der Waals surface area contributed by atoms with E-state index in [1.807, 2.05) is 0 Å². The van der Waals surface area contributed by atoms with Crippen LogP contribution in [0, 0.1) is 5.92 Å². The van der Waals surface area contributed by atoms with Crippen molar-refractivity contribution >= 4 is 0 Å². The monoisotopic (exact) mass is 138 g/mol. The van der Waals surface area contributed by atoms with Crippen molar-refractivity contribution in [1.82, 2.24) is 0 Å². The highest BCUT2D eigenvalue weighted by molar-refractivity contribution is 4.96. The van der Waals surface area contributed by atoms with E-state index >= 15 is 0 Å².